The molecule has 2 aliphatic rings. The average molecular weight is 345 g/mol. The third-order valence-electron chi connectivity index (χ3n) is 3.85. The topological polar surface area (TPSA) is 50.4 Å². The maximum absolute atomic E-state index is 12.2. The fraction of sp³-hybridized carbons (Fsp3) is 0.188. The minimum absolute atomic E-state index is 0.0279. The van der Waals surface area contributed by atoms with Crippen LogP contribution in [0.5, 0.6) is 5.75 Å². The van der Waals surface area contributed by atoms with Crippen LogP contribution in [0.1, 0.15) is 17.2 Å². The molecule has 2 aromatic rings. The molecule has 1 unspecified atom stereocenters. The van der Waals surface area contributed by atoms with Crippen LogP contribution in [0, 0.1) is 0 Å². The monoisotopic (exact) mass is 344 g/mol. The Kier molecular flexibility index (Phi) is 2.89. The van der Waals surface area contributed by atoms with Crippen molar-refractivity contribution in [1.82, 2.24) is 0 Å². The number of carbonyl (C=O) groups is 1. The molecule has 21 heavy (non-hydrogen) atoms. The highest BCUT2D eigenvalue weighted by Crippen LogP contribution is 2.36. The summed E-state index contributed by atoms with van der Waals surface area (Å²) in [5, 5.41) is 6.22. The van der Waals surface area contributed by atoms with Gasteiger partial charge in [0.05, 0.1) is 6.61 Å². The van der Waals surface area contributed by atoms with E-state index in [2.05, 4.69) is 32.6 Å². The number of hydrogen-bond acceptors (Lipinski definition) is 3. The molecule has 2 heterocycles. The first kappa shape index (κ1) is 12.7. The first-order valence-electron chi connectivity index (χ1n) is 6.83. The number of amides is 1. The Morgan fingerprint density at radius 2 is 2.14 bits per heavy atom. The zero-order valence-corrected chi connectivity index (χ0v) is 12.7. The van der Waals surface area contributed by atoms with E-state index in [9.17, 15) is 4.79 Å². The van der Waals surface area contributed by atoms with E-state index in [0.717, 1.165) is 40.2 Å². The van der Waals surface area contributed by atoms with Crippen LogP contribution < -0.4 is 15.4 Å². The second-order valence-corrected chi connectivity index (χ2v) is 6.13. The SMILES string of the molecule is O=C1Nc2cc(Br)ccc2C1Nc1ccc2c(c1)CCO2. The van der Waals surface area contributed by atoms with E-state index >= 15 is 0 Å². The minimum Gasteiger partial charge on any atom is -0.493 e. The quantitative estimate of drug-likeness (QED) is 0.876. The van der Waals surface area contributed by atoms with E-state index in [1.54, 1.807) is 0 Å². The molecule has 0 saturated heterocycles. The number of ether oxygens (including phenoxy) is 1. The Morgan fingerprint density at radius 3 is 3.05 bits per heavy atom. The van der Waals surface area contributed by atoms with Gasteiger partial charge in [-0.25, -0.2) is 0 Å². The van der Waals surface area contributed by atoms with Crippen molar-refractivity contribution in [1.29, 1.82) is 0 Å². The molecular formula is C16H13BrN2O2. The molecule has 2 aromatic carbocycles. The summed E-state index contributed by atoms with van der Waals surface area (Å²) in [7, 11) is 0. The summed E-state index contributed by atoms with van der Waals surface area (Å²) in [6.45, 7) is 0.736. The third kappa shape index (κ3) is 2.17. The van der Waals surface area contributed by atoms with Crippen LogP contribution in [-0.2, 0) is 11.2 Å². The molecular weight excluding hydrogens is 332 g/mol. The zero-order chi connectivity index (χ0) is 14.4. The molecule has 0 aromatic heterocycles. The summed E-state index contributed by atoms with van der Waals surface area (Å²) in [5.41, 5.74) is 3.96. The average Bonchev–Trinajstić information content (AvgIpc) is 3.03. The molecule has 2 N–H and O–H groups in total. The second-order valence-electron chi connectivity index (χ2n) is 5.22. The molecule has 0 saturated carbocycles. The van der Waals surface area contributed by atoms with Gasteiger partial charge in [-0.1, -0.05) is 22.0 Å². The normalized spacial score (nSPS) is 18.7. The van der Waals surface area contributed by atoms with E-state index in [1.807, 2.05) is 30.3 Å². The van der Waals surface area contributed by atoms with Gasteiger partial charge >= 0.3 is 0 Å². The summed E-state index contributed by atoms with van der Waals surface area (Å²) >= 11 is 3.42. The number of rotatable bonds is 2. The van der Waals surface area contributed by atoms with E-state index in [0.29, 0.717) is 0 Å². The summed E-state index contributed by atoms with van der Waals surface area (Å²) in [5.74, 6) is 0.917. The van der Waals surface area contributed by atoms with Crippen LogP contribution in [0.2, 0.25) is 0 Å². The van der Waals surface area contributed by atoms with Crippen LogP contribution in [0.25, 0.3) is 0 Å². The van der Waals surface area contributed by atoms with E-state index in [4.69, 9.17) is 4.74 Å². The Hall–Kier alpha value is -2.01. The van der Waals surface area contributed by atoms with Crippen molar-refractivity contribution in [3.8, 4) is 5.75 Å². The van der Waals surface area contributed by atoms with Crippen LogP contribution >= 0.6 is 15.9 Å². The molecule has 0 bridgehead atoms. The molecule has 0 aliphatic carbocycles. The van der Waals surface area contributed by atoms with Gasteiger partial charge in [-0.3, -0.25) is 4.79 Å². The minimum atomic E-state index is -0.353. The molecule has 0 radical (unpaired) electrons. The molecule has 1 atom stereocenters. The van der Waals surface area contributed by atoms with Gasteiger partial charge in [-0.05, 0) is 35.9 Å². The Bertz CT molecular complexity index is 745. The molecule has 4 rings (SSSR count). The number of halogens is 1. The van der Waals surface area contributed by atoms with Crippen LogP contribution in [0.15, 0.2) is 40.9 Å². The van der Waals surface area contributed by atoms with Gasteiger partial charge in [0.2, 0.25) is 0 Å². The number of nitrogens with one attached hydrogen (secondary N) is 2. The van der Waals surface area contributed by atoms with Crippen molar-refractivity contribution in [3.63, 3.8) is 0 Å². The highest BCUT2D eigenvalue weighted by atomic mass is 79.9. The Morgan fingerprint density at radius 1 is 1.24 bits per heavy atom. The molecule has 2 aliphatic heterocycles. The van der Waals surface area contributed by atoms with Crippen LogP contribution in [-0.4, -0.2) is 12.5 Å². The van der Waals surface area contributed by atoms with Crippen molar-refractivity contribution >= 4 is 33.2 Å². The summed E-state index contributed by atoms with van der Waals surface area (Å²) < 4.78 is 6.46. The highest BCUT2D eigenvalue weighted by Gasteiger charge is 2.30. The number of carbonyl (C=O) groups excluding carboxylic acids is 1. The number of fused-ring (bicyclic) bond motifs is 2. The summed E-state index contributed by atoms with van der Waals surface area (Å²) in [6.07, 6.45) is 0.922. The van der Waals surface area contributed by atoms with Gasteiger partial charge < -0.3 is 15.4 Å². The highest BCUT2D eigenvalue weighted by molar-refractivity contribution is 9.10. The lowest BCUT2D eigenvalue weighted by molar-refractivity contribution is -0.116. The second kappa shape index (κ2) is 4.77. The molecule has 5 heteroatoms. The lowest BCUT2D eigenvalue weighted by Crippen LogP contribution is -2.19. The van der Waals surface area contributed by atoms with Crippen LogP contribution in [0.4, 0.5) is 11.4 Å². The zero-order valence-electron chi connectivity index (χ0n) is 11.2. The number of hydrogen-bond donors (Lipinski definition) is 2. The van der Waals surface area contributed by atoms with Crippen LogP contribution in [0.3, 0.4) is 0 Å². The Labute approximate surface area is 130 Å². The van der Waals surface area contributed by atoms with Crippen molar-refractivity contribution in [2.75, 3.05) is 17.2 Å². The van der Waals surface area contributed by atoms with Gasteiger partial charge in [0.1, 0.15) is 11.8 Å². The van der Waals surface area contributed by atoms with E-state index in [1.165, 1.54) is 5.56 Å². The van der Waals surface area contributed by atoms with Gasteiger partial charge in [0.15, 0.2) is 0 Å². The number of anilines is 2. The smallest absolute Gasteiger partial charge is 0.251 e. The van der Waals surface area contributed by atoms with Gasteiger partial charge in [0, 0.05) is 27.8 Å². The standard InChI is InChI=1S/C16H13BrN2O2/c17-10-1-3-12-13(8-10)19-16(20)15(12)18-11-2-4-14-9(7-11)5-6-21-14/h1-4,7-8,15,18H,5-6H2,(H,19,20). The van der Waals surface area contributed by atoms with Gasteiger partial charge in [0.25, 0.3) is 5.91 Å². The maximum Gasteiger partial charge on any atom is 0.251 e. The van der Waals surface area contributed by atoms with Gasteiger partial charge in [-0.2, -0.15) is 0 Å². The maximum atomic E-state index is 12.2. The lowest BCUT2D eigenvalue weighted by Gasteiger charge is -2.14. The van der Waals surface area contributed by atoms with E-state index in [-0.39, 0.29) is 11.9 Å². The van der Waals surface area contributed by atoms with Crippen molar-refractivity contribution in [2.24, 2.45) is 0 Å². The van der Waals surface area contributed by atoms with E-state index < -0.39 is 0 Å². The fourth-order valence-corrected chi connectivity index (χ4v) is 3.18. The first-order chi connectivity index (χ1) is 10.2. The molecule has 4 nitrogen and oxygen atoms in total. The summed E-state index contributed by atoms with van der Waals surface area (Å²) in [4.78, 5) is 12.2. The third-order valence-corrected chi connectivity index (χ3v) is 4.34. The largest absolute Gasteiger partial charge is 0.493 e. The predicted molar refractivity (Wildman–Crippen MR) is 84.8 cm³/mol. The fourth-order valence-electron chi connectivity index (χ4n) is 2.82. The van der Waals surface area contributed by atoms with Gasteiger partial charge in [-0.15, -0.1) is 0 Å². The molecule has 0 fully saturated rings. The van der Waals surface area contributed by atoms with Crippen molar-refractivity contribution in [2.45, 2.75) is 12.5 Å². The summed E-state index contributed by atoms with van der Waals surface area (Å²) in [6, 6.07) is 11.5. The van der Waals surface area contributed by atoms with Crippen molar-refractivity contribution in [3.05, 3.63) is 52.0 Å². The molecule has 106 valence electrons. The number of benzene rings is 2. The predicted octanol–water partition coefficient (Wildman–Crippen LogP) is 3.49. The van der Waals surface area contributed by atoms with Crippen molar-refractivity contribution < 1.29 is 9.53 Å². The first-order valence-corrected chi connectivity index (χ1v) is 7.62. The lowest BCUT2D eigenvalue weighted by atomic mass is 10.1. The molecule has 1 amide bonds. The Balaban J connectivity index is 1.64. The molecule has 0 spiro atoms.